The highest BCUT2D eigenvalue weighted by molar-refractivity contribution is 7.86. The monoisotopic (exact) mass is 806 g/mol. The van der Waals surface area contributed by atoms with Crippen molar-refractivity contribution < 1.29 is 86.7 Å². The molecule has 0 unspecified atom stereocenters. The van der Waals surface area contributed by atoms with Gasteiger partial charge >= 0.3 is 5.97 Å². The molecule has 0 aromatic heterocycles. The maximum absolute atomic E-state index is 13.5. The molecule has 0 saturated carbocycles. The third-order valence-corrected chi connectivity index (χ3v) is 7.91. The predicted molar refractivity (Wildman–Crippen MR) is 178 cm³/mol. The minimum atomic E-state index is -3.80. The van der Waals surface area contributed by atoms with E-state index >= 15 is 0 Å². The summed E-state index contributed by atoms with van der Waals surface area (Å²) in [7, 11) is -3.80. The highest BCUT2D eigenvalue weighted by Gasteiger charge is 2.28. The van der Waals surface area contributed by atoms with Crippen molar-refractivity contribution in [1.82, 2.24) is 0 Å². The Kier molecular flexibility index (Phi) is 25.0. The molecule has 2 aromatic carbocycles. The first-order chi connectivity index (χ1) is 26.0. The fourth-order valence-electron chi connectivity index (χ4n) is 3.83. The lowest BCUT2D eigenvalue weighted by atomic mass is 10.2. The summed E-state index contributed by atoms with van der Waals surface area (Å²) in [5, 5.41) is 0. The van der Waals surface area contributed by atoms with Crippen LogP contribution in [0, 0.1) is 36.0 Å². The molecule has 0 spiro atoms. The van der Waals surface area contributed by atoms with Gasteiger partial charge in [-0.05, 0) is 19.1 Å². The molecule has 0 aliphatic carbocycles. The summed E-state index contributed by atoms with van der Waals surface area (Å²) in [6.07, 6.45) is -0.496. The fourth-order valence-corrected chi connectivity index (χ4v) is 4.72. The van der Waals surface area contributed by atoms with Crippen molar-refractivity contribution in [3.63, 3.8) is 0 Å². The molecule has 0 N–H and O–H groups in total. The van der Waals surface area contributed by atoms with Crippen LogP contribution in [0.25, 0.3) is 0 Å². The van der Waals surface area contributed by atoms with Gasteiger partial charge in [0.25, 0.3) is 10.1 Å². The standard InChI is InChI=1S/C34H47F5O14S/c1-26-2-4-27(5-3-26)54(41,42)52-25-24-51-23-22-50-21-20-49-19-18-48-17-16-47-15-14-46-13-12-45-11-10-44-9-8-43-7-6-28(40)53-34-32(38)30(36)29(35)31(37)33(34)39/h2-5H,6-25H2,1H3. The molecule has 0 aliphatic rings. The molecular formula is C34H47F5O14S. The van der Waals surface area contributed by atoms with Gasteiger partial charge in [-0.3, -0.25) is 8.98 Å². The van der Waals surface area contributed by atoms with Gasteiger partial charge < -0.3 is 47.4 Å². The second-order valence-electron chi connectivity index (χ2n) is 10.7. The van der Waals surface area contributed by atoms with Crippen molar-refractivity contribution in [2.45, 2.75) is 18.2 Å². The number of esters is 1. The second-order valence-corrected chi connectivity index (χ2v) is 12.3. The maximum Gasteiger partial charge on any atom is 0.313 e. The summed E-state index contributed by atoms with van der Waals surface area (Å²) < 4.78 is 148. The molecule has 0 amide bonds. The van der Waals surface area contributed by atoms with Crippen molar-refractivity contribution >= 4 is 16.1 Å². The first-order valence-electron chi connectivity index (χ1n) is 16.9. The zero-order valence-electron chi connectivity index (χ0n) is 30.0. The Morgan fingerprint density at radius 2 is 0.759 bits per heavy atom. The van der Waals surface area contributed by atoms with Crippen LogP contribution in [0.2, 0.25) is 0 Å². The molecule has 0 fully saturated rings. The van der Waals surface area contributed by atoms with Gasteiger partial charge in [0, 0.05) is 0 Å². The number of ether oxygens (including phenoxy) is 10. The van der Waals surface area contributed by atoms with Crippen molar-refractivity contribution in [3.8, 4) is 5.75 Å². The molecule has 0 saturated heterocycles. The lowest BCUT2D eigenvalue weighted by Crippen LogP contribution is -2.16. The van der Waals surface area contributed by atoms with Gasteiger partial charge in [-0.1, -0.05) is 17.7 Å². The summed E-state index contributed by atoms with van der Waals surface area (Å²) in [4.78, 5) is 11.8. The molecule has 0 heterocycles. The Bertz CT molecular complexity index is 1410. The van der Waals surface area contributed by atoms with Gasteiger partial charge in [-0.2, -0.15) is 17.2 Å². The molecule has 0 radical (unpaired) electrons. The Hall–Kier alpha value is -2.89. The zero-order chi connectivity index (χ0) is 39.4. The molecule has 20 heteroatoms. The average Bonchev–Trinajstić information content (AvgIpc) is 3.15. The van der Waals surface area contributed by atoms with E-state index in [0.29, 0.717) is 85.9 Å². The van der Waals surface area contributed by atoms with E-state index in [1.54, 1.807) is 12.1 Å². The van der Waals surface area contributed by atoms with Gasteiger partial charge in [0.05, 0.1) is 137 Å². The van der Waals surface area contributed by atoms with Crippen LogP contribution in [0.1, 0.15) is 12.0 Å². The Morgan fingerprint density at radius 3 is 1.11 bits per heavy atom. The summed E-state index contributed by atoms with van der Waals surface area (Å²) in [6.45, 7) is 6.88. The van der Waals surface area contributed by atoms with Crippen molar-refractivity contribution in [2.24, 2.45) is 0 Å². The van der Waals surface area contributed by atoms with E-state index in [2.05, 4.69) is 4.74 Å². The van der Waals surface area contributed by atoms with E-state index < -0.39 is 57.3 Å². The molecule has 0 atom stereocenters. The molecule has 2 aromatic rings. The summed E-state index contributed by atoms with van der Waals surface area (Å²) in [5.74, 6) is -14.2. The third-order valence-electron chi connectivity index (χ3n) is 6.59. The molecule has 0 bridgehead atoms. The Labute approximate surface area is 311 Å². The summed E-state index contributed by atoms with van der Waals surface area (Å²) >= 11 is 0. The minimum Gasteiger partial charge on any atom is -0.420 e. The second kappa shape index (κ2) is 28.5. The zero-order valence-corrected chi connectivity index (χ0v) is 30.8. The van der Waals surface area contributed by atoms with E-state index in [-0.39, 0.29) is 44.5 Å². The lowest BCUT2D eigenvalue weighted by Gasteiger charge is -2.09. The highest BCUT2D eigenvalue weighted by atomic mass is 32.2. The molecule has 308 valence electrons. The fraction of sp³-hybridized carbons (Fsp3) is 0.618. The van der Waals surface area contributed by atoms with Crippen LogP contribution < -0.4 is 4.74 Å². The normalized spacial score (nSPS) is 11.7. The van der Waals surface area contributed by atoms with Crippen LogP contribution in [0.15, 0.2) is 29.2 Å². The minimum absolute atomic E-state index is 0.0689. The largest absolute Gasteiger partial charge is 0.420 e. The smallest absolute Gasteiger partial charge is 0.313 e. The molecule has 54 heavy (non-hydrogen) atoms. The Morgan fingerprint density at radius 1 is 0.463 bits per heavy atom. The lowest BCUT2D eigenvalue weighted by molar-refractivity contribution is -0.136. The van der Waals surface area contributed by atoms with Gasteiger partial charge in [-0.25, -0.2) is 13.2 Å². The molecular weight excluding hydrogens is 759 g/mol. The molecule has 14 nitrogen and oxygen atoms in total. The van der Waals surface area contributed by atoms with E-state index in [9.17, 15) is 35.2 Å². The quantitative estimate of drug-likeness (QED) is 0.0197. The number of halogens is 5. The van der Waals surface area contributed by atoms with E-state index in [1.165, 1.54) is 12.1 Å². The van der Waals surface area contributed by atoms with Crippen LogP contribution in [-0.2, 0) is 61.7 Å². The summed E-state index contributed by atoms with van der Waals surface area (Å²) in [5.41, 5.74) is 0.954. The van der Waals surface area contributed by atoms with E-state index in [4.69, 9.17) is 46.8 Å². The van der Waals surface area contributed by atoms with E-state index in [1.807, 2.05) is 6.92 Å². The van der Waals surface area contributed by atoms with Crippen molar-refractivity contribution in [1.29, 1.82) is 0 Å². The number of hydrogen-bond donors (Lipinski definition) is 0. The SMILES string of the molecule is Cc1ccc(S(=O)(=O)OCCOCCOCCOCCOCCOCCOCCOCCOCCOCCC(=O)Oc2c(F)c(F)c(F)c(F)c2F)cc1. The third kappa shape index (κ3) is 20.1. The maximum atomic E-state index is 13.5. The molecule has 2 rings (SSSR count). The molecule has 0 aliphatic heterocycles. The average molecular weight is 807 g/mol. The first-order valence-corrected chi connectivity index (χ1v) is 18.3. The first kappa shape index (κ1) is 47.3. The number of benzene rings is 2. The van der Waals surface area contributed by atoms with Crippen molar-refractivity contribution in [2.75, 3.05) is 126 Å². The van der Waals surface area contributed by atoms with Crippen LogP contribution >= 0.6 is 0 Å². The number of aryl methyl sites for hydroxylation is 1. The van der Waals surface area contributed by atoms with Crippen molar-refractivity contribution in [3.05, 3.63) is 58.9 Å². The van der Waals surface area contributed by atoms with Gasteiger partial charge in [-0.15, -0.1) is 0 Å². The van der Waals surface area contributed by atoms with E-state index in [0.717, 1.165) is 5.56 Å². The number of carbonyl (C=O) groups excluding carboxylic acids is 1. The summed E-state index contributed by atoms with van der Waals surface area (Å²) in [6, 6.07) is 6.39. The number of hydrogen-bond acceptors (Lipinski definition) is 14. The Balaban J connectivity index is 1.24. The topological polar surface area (TPSA) is 153 Å². The van der Waals surface area contributed by atoms with Crippen LogP contribution in [-0.4, -0.2) is 140 Å². The van der Waals surface area contributed by atoms with Crippen LogP contribution in [0.5, 0.6) is 5.75 Å². The number of carbonyl (C=O) groups is 1. The number of rotatable bonds is 33. The van der Waals surface area contributed by atoms with Gasteiger partial charge in [0.1, 0.15) is 0 Å². The predicted octanol–water partition coefficient (Wildman–Crippen LogP) is 3.54. The van der Waals surface area contributed by atoms with Gasteiger partial charge in [0.15, 0.2) is 0 Å². The van der Waals surface area contributed by atoms with Crippen LogP contribution in [0.3, 0.4) is 0 Å². The highest BCUT2D eigenvalue weighted by Crippen LogP contribution is 2.29. The van der Waals surface area contributed by atoms with Crippen LogP contribution in [0.4, 0.5) is 22.0 Å². The van der Waals surface area contributed by atoms with Gasteiger partial charge in [0.2, 0.25) is 34.8 Å².